The molecule has 21 heavy (non-hydrogen) atoms. The van der Waals surface area contributed by atoms with Gasteiger partial charge >= 0.3 is 0 Å². The summed E-state index contributed by atoms with van der Waals surface area (Å²) >= 11 is 6.13. The summed E-state index contributed by atoms with van der Waals surface area (Å²) in [6.07, 6.45) is 7.41. The van der Waals surface area contributed by atoms with Gasteiger partial charge in [0.15, 0.2) is 0 Å². The third-order valence-corrected chi connectivity index (χ3v) is 5.29. The van der Waals surface area contributed by atoms with Crippen LogP contribution in [0, 0.1) is 0 Å². The fraction of sp³-hybridized carbons (Fsp3) is 0.647. The number of nitrogens with two attached hydrogens (primary N) is 1. The first-order valence-electron chi connectivity index (χ1n) is 7.78. The molecule has 1 aromatic carbocycles. The van der Waals surface area contributed by atoms with Crippen LogP contribution < -0.4 is 10.5 Å². The second-order valence-electron chi connectivity index (χ2n) is 6.28. The molecule has 0 saturated heterocycles. The van der Waals surface area contributed by atoms with E-state index in [1.54, 1.807) is 7.11 Å². The molecule has 1 aliphatic carbocycles. The van der Waals surface area contributed by atoms with Crippen LogP contribution in [0.5, 0.6) is 5.75 Å². The van der Waals surface area contributed by atoms with Crippen molar-refractivity contribution in [3.8, 4) is 5.75 Å². The number of hydrogen-bond acceptors (Lipinski definition) is 3. The van der Waals surface area contributed by atoms with E-state index in [-0.39, 0.29) is 11.6 Å². The van der Waals surface area contributed by atoms with E-state index in [1.165, 1.54) is 25.7 Å². The normalized spacial score (nSPS) is 20.1. The van der Waals surface area contributed by atoms with Gasteiger partial charge in [0, 0.05) is 11.6 Å². The van der Waals surface area contributed by atoms with Gasteiger partial charge in [-0.05, 0) is 44.6 Å². The molecule has 0 aliphatic heterocycles. The molecule has 1 fully saturated rings. The zero-order chi connectivity index (χ0) is 15.5. The maximum atomic E-state index is 6.71. The summed E-state index contributed by atoms with van der Waals surface area (Å²) in [7, 11) is 5.94. The van der Waals surface area contributed by atoms with Gasteiger partial charge in [-0.15, -0.1) is 0 Å². The van der Waals surface area contributed by atoms with Crippen molar-refractivity contribution in [1.29, 1.82) is 0 Å². The minimum absolute atomic E-state index is 0.0232. The molecule has 1 aliphatic rings. The highest BCUT2D eigenvalue weighted by Gasteiger charge is 2.39. The van der Waals surface area contributed by atoms with Gasteiger partial charge in [0.05, 0.1) is 12.1 Å². The Hall–Kier alpha value is -0.770. The Morgan fingerprint density at radius 1 is 1.19 bits per heavy atom. The van der Waals surface area contributed by atoms with Crippen molar-refractivity contribution < 1.29 is 4.74 Å². The zero-order valence-electron chi connectivity index (χ0n) is 13.4. The molecule has 0 aromatic heterocycles. The third kappa shape index (κ3) is 3.36. The molecule has 0 heterocycles. The minimum atomic E-state index is -0.0308. The highest BCUT2D eigenvalue weighted by atomic mass is 35.5. The van der Waals surface area contributed by atoms with Crippen LogP contribution in [-0.2, 0) is 0 Å². The van der Waals surface area contributed by atoms with Crippen molar-refractivity contribution in [3.05, 3.63) is 28.8 Å². The van der Waals surface area contributed by atoms with Crippen molar-refractivity contribution in [2.24, 2.45) is 5.73 Å². The predicted molar refractivity (Wildman–Crippen MR) is 89.1 cm³/mol. The Bertz CT molecular complexity index is 468. The molecule has 3 nitrogen and oxygen atoms in total. The topological polar surface area (TPSA) is 38.5 Å². The Labute approximate surface area is 133 Å². The van der Waals surface area contributed by atoms with Crippen molar-refractivity contribution in [2.45, 2.75) is 50.1 Å². The molecule has 0 radical (unpaired) electrons. The molecule has 0 spiro atoms. The highest BCUT2D eigenvalue weighted by molar-refractivity contribution is 6.32. The molecule has 1 aromatic rings. The quantitative estimate of drug-likeness (QED) is 0.854. The second kappa shape index (κ2) is 6.99. The van der Waals surface area contributed by atoms with Crippen LogP contribution in [-0.4, -0.2) is 31.6 Å². The first-order chi connectivity index (χ1) is 10.0. The molecule has 2 rings (SSSR count). The van der Waals surface area contributed by atoms with E-state index < -0.39 is 0 Å². The first kappa shape index (κ1) is 16.6. The van der Waals surface area contributed by atoms with Gasteiger partial charge in [0.1, 0.15) is 5.75 Å². The van der Waals surface area contributed by atoms with Crippen LogP contribution in [0.15, 0.2) is 18.2 Å². The molecule has 1 unspecified atom stereocenters. The van der Waals surface area contributed by atoms with E-state index in [9.17, 15) is 0 Å². The van der Waals surface area contributed by atoms with Gasteiger partial charge in [0.25, 0.3) is 0 Å². The summed E-state index contributed by atoms with van der Waals surface area (Å²) in [5.74, 6) is 0.701. The van der Waals surface area contributed by atoms with E-state index in [0.717, 1.165) is 18.4 Å². The number of hydrogen-bond donors (Lipinski definition) is 1. The average molecular weight is 311 g/mol. The lowest BCUT2D eigenvalue weighted by atomic mass is 9.78. The standard InChI is InChI=1S/C17H27ClN2O/c1-20(2)17(10-6-4-5-7-11-17)16(19)13-8-9-14(18)15(12-13)21-3/h8-9,12,16H,4-7,10-11,19H2,1-3H3. The van der Waals surface area contributed by atoms with E-state index in [2.05, 4.69) is 19.0 Å². The molecule has 0 bridgehead atoms. The van der Waals surface area contributed by atoms with Crippen molar-refractivity contribution >= 4 is 11.6 Å². The fourth-order valence-electron chi connectivity index (χ4n) is 3.56. The molecule has 0 amide bonds. The largest absolute Gasteiger partial charge is 0.495 e. The summed E-state index contributed by atoms with van der Waals surface area (Å²) in [5.41, 5.74) is 7.84. The summed E-state index contributed by atoms with van der Waals surface area (Å²) in [5, 5.41) is 0.633. The van der Waals surface area contributed by atoms with Crippen molar-refractivity contribution in [2.75, 3.05) is 21.2 Å². The van der Waals surface area contributed by atoms with E-state index in [0.29, 0.717) is 10.8 Å². The number of rotatable bonds is 4. The van der Waals surface area contributed by atoms with Gasteiger partial charge < -0.3 is 15.4 Å². The van der Waals surface area contributed by atoms with E-state index in [1.807, 2.05) is 18.2 Å². The zero-order valence-corrected chi connectivity index (χ0v) is 14.1. The molecule has 4 heteroatoms. The first-order valence-corrected chi connectivity index (χ1v) is 8.15. The van der Waals surface area contributed by atoms with Gasteiger partial charge in [-0.3, -0.25) is 0 Å². The molecular formula is C17H27ClN2O. The number of likely N-dealkylation sites (N-methyl/N-ethyl adjacent to an activating group) is 1. The van der Waals surface area contributed by atoms with Crippen LogP contribution in [0.2, 0.25) is 5.02 Å². The Morgan fingerprint density at radius 2 is 1.81 bits per heavy atom. The Morgan fingerprint density at radius 3 is 2.33 bits per heavy atom. The average Bonchev–Trinajstić information content (AvgIpc) is 2.73. The summed E-state index contributed by atoms with van der Waals surface area (Å²) in [4.78, 5) is 2.32. The van der Waals surface area contributed by atoms with Crippen LogP contribution in [0.4, 0.5) is 0 Å². The second-order valence-corrected chi connectivity index (χ2v) is 6.69. The lowest BCUT2D eigenvalue weighted by molar-refractivity contribution is 0.0968. The number of ether oxygens (including phenoxy) is 1. The summed E-state index contributed by atoms with van der Waals surface area (Å²) in [6.45, 7) is 0. The number of benzene rings is 1. The SMILES string of the molecule is COc1cc(C(N)C2(N(C)C)CCCCCC2)ccc1Cl. The number of methoxy groups -OCH3 is 1. The summed E-state index contributed by atoms with van der Waals surface area (Å²) < 4.78 is 5.34. The molecule has 118 valence electrons. The minimum Gasteiger partial charge on any atom is -0.495 e. The highest BCUT2D eigenvalue weighted by Crippen LogP contribution is 2.41. The van der Waals surface area contributed by atoms with Crippen LogP contribution >= 0.6 is 11.6 Å². The van der Waals surface area contributed by atoms with Crippen LogP contribution in [0.1, 0.15) is 50.1 Å². The van der Waals surface area contributed by atoms with E-state index >= 15 is 0 Å². The maximum Gasteiger partial charge on any atom is 0.137 e. The lowest BCUT2D eigenvalue weighted by Gasteiger charge is -2.44. The number of halogens is 1. The van der Waals surface area contributed by atoms with Gasteiger partial charge in [-0.25, -0.2) is 0 Å². The molecule has 1 atom stereocenters. The lowest BCUT2D eigenvalue weighted by Crippen LogP contribution is -2.52. The molecule has 2 N–H and O–H groups in total. The maximum absolute atomic E-state index is 6.71. The van der Waals surface area contributed by atoms with Crippen LogP contribution in [0.3, 0.4) is 0 Å². The molecule has 1 saturated carbocycles. The third-order valence-electron chi connectivity index (χ3n) is 4.97. The van der Waals surface area contributed by atoms with Crippen molar-refractivity contribution in [1.82, 2.24) is 4.90 Å². The monoisotopic (exact) mass is 310 g/mol. The van der Waals surface area contributed by atoms with Gasteiger partial charge in [0.2, 0.25) is 0 Å². The van der Waals surface area contributed by atoms with Gasteiger partial charge in [-0.2, -0.15) is 0 Å². The Kier molecular flexibility index (Phi) is 5.53. The number of nitrogens with zero attached hydrogens (tertiary/aromatic N) is 1. The molecular weight excluding hydrogens is 284 g/mol. The van der Waals surface area contributed by atoms with E-state index in [4.69, 9.17) is 22.1 Å². The van der Waals surface area contributed by atoms with Crippen molar-refractivity contribution in [3.63, 3.8) is 0 Å². The fourth-order valence-corrected chi connectivity index (χ4v) is 3.75. The smallest absolute Gasteiger partial charge is 0.137 e. The predicted octanol–water partition coefficient (Wildman–Crippen LogP) is 4.00. The summed E-state index contributed by atoms with van der Waals surface area (Å²) in [6, 6.07) is 5.88. The van der Waals surface area contributed by atoms with Crippen LogP contribution in [0.25, 0.3) is 0 Å². The Balaban J connectivity index is 2.35. The van der Waals surface area contributed by atoms with Gasteiger partial charge in [-0.1, -0.05) is 43.4 Å².